The highest BCUT2D eigenvalue weighted by atomic mass is 16.5. The van der Waals surface area contributed by atoms with E-state index in [1.807, 2.05) is 11.8 Å². The Hall–Kier alpha value is -0.650. The van der Waals surface area contributed by atoms with Crippen molar-refractivity contribution in [3.05, 3.63) is 0 Å². The predicted octanol–water partition coefficient (Wildman–Crippen LogP) is -0.613. The number of rotatable bonds is 6. The van der Waals surface area contributed by atoms with Crippen molar-refractivity contribution in [3.8, 4) is 0 Å². The third-order valence-corrected chi connectivity index (χ3v) is 2.76. The molecule has 94 valence electrons. The minimum absolute atomic E-state index is 0.199. The molecule has 0 bridgehead atoms. The van der Waals surface area contributed by atoms with E-state index in [0.29, 0.717) is 13.2 Å². The maximum Gasteiger partial charge on any atom is 0.236 e. The van der Waals surface area contributed by atoms with Crippen molar-refractivity contribution >= 4 is 5.91 Å². The quantitative estimate of drug-likeness (QED) is 0.617. The van der Waals surface area contributed by atoms with Crippen LogP contribution in [0.2, 0.25) is 0 Å². The molecule has 1 N–H and O–H groups in total. The fourth-order valence-corrected chi connectivity index (χ4v) is 1.65. The van der Waals surface area contributed by atoms with Gasteiger partial charge in [-0.1, -0.05) is 0 Å². The van der Waals surface area contributed by atoms with Gasteiger partial charge in [-0.05, 0) is 14.0 Å². The molecule has 16 heavy (non-hydrogen) atoms. The Morgan fingerprint density at radius 2 is 2.00 bits per heavy atom. The maximum absolute atomic E-state index is 11.7. The second-order valence-corrected chi connectivity index (χ2v) is 4.06. The molecule has 1 amide bonds. The zero-order valence-electron chi connectivity index (χ0n) is 10.4. The lowest BCUT2D eigenvalue weighted by atomic mass is 10.3. The van der Waals surface area contributed by atoms with Crippen molar-refractivity contribution in [2.75, 3.05) is 59.5 Å². The van der Waals surface area contributed by atoms with Gasteiger partial charge in [0.25, 0.3) is 0 Å². The number of carbonyl (C=O) groups is 1. The topological polar surface area (TPSA) is 44.8 Å². The van der Waals surface area contributed by atoms with E-state index in [1.54, 1.807) is 0 Å². The summed E-state index contributed by atoms with van der Waals surface area (Å²) >= 11 is 0. The lowest BCUT2D eigenvalue weighted by Crippen LogP contribution is -2.49. The van der Waals surface area contributed by atoms with Gasteiger partial charge in [-0.3, -0.25) is 4.79 Å². The summed E-state index contributed by atoms with van der Waals surface area (Å²) in [6.07, 6.45) is 0. The molecule has 0 aliphatic carbocycles. The normalized spacial score (nSPS) is 17.8. The predicted molar refractivity (Wildman–Crippen MR) is 63.4 cm³/mol. The van der Waals surface area contributed by atoms with E-state index in [4.69, 9.17) is 4.74 Å². The smallest absolute Gasteiger partial charge is 0.236 e. The molecule has 0 aromatic heterocycles. The van der Waals surface area contributed by atoms with Crippen LogP contribution < -0.4 is 5.32 Å². The molecule has 1 rings (SSSR count). The molecule has 5 heteroatoms. The highest BCUT2D eigenvalue weighted by molar-refractivity contribution is 5.78. The van der Waals surface area contributed by atoms with Crippen LogP contribution in [0.15, 0.2) is 0 Å². The Kier molecular flexibility index (Phi) is 6.37. The summed E-state index contributed by atoms with van der Waals surface area (Å²) in [5.74, 6) is 0.199. The number of ether oxygens (including phenoxy) is 1. The average molecular weight is 229 g/mol. The van der Waals surface area contributed by atoms with Crippen molar-refractivity contribution in [1.82, 2.24) is 15.1 Å². The second-order valence-electron chi connectivity index (χ2n) is 4.06. The number of hydrogen-bond acceptors (Lipinski definition) is 4. The Bertz CT molecular complexity index is 203. The molecular formula is C11H23N3O2. The number of carbonyl (C=O) groups excluding carboxylic acids is 1. The Labute approximate surface area is 97.7 Å². The zero-order chi connectivity index (χ0) is 11.8. The number of nitrogens with zero attached hydrogens (tertiary/aromatic N) is 2. The lowest BCUT2D eigenvalue weighted by molar-refractivity contribution is -0.131. The summed E-state index contributed by atoms with van der Waals surface area (Å²) in [4.78, 5) is 15.9. The van der Waals surface area contributed by atoms with Crippen molar-refractivity contribution in [2.24, 2.45) is 0 Å². The number of hydrogen-bond donors (Lipinski definition) is 1. The summed E-state index contributed by atoms with van der Waals surface area (Å²) in [7, 11) is 2.09. The Morgan fingerprint density at radius 3 is 2.62 bits per heavy atom. The van der Waals surface area contributed by atoms with Crippen LogP contribution in [0, 0.1) is 0 Å². The molecule has 0 unspecified atom stereocenters. The van der Waals surface area contributed by atoms with Gasteiger partial charge in [0.05, 0.1) is 13.2 Å². The first kappa shape index (κ1) is 13.4. The molecule has 1 aliphatic heterocycles. The van der Waals surface area contributed by atoms with Crippen molar-refractivity contribution in [1.29, 1.82) is 0 Å². The largest absolute Gasteiger partial charge is 0.380 e. The second kappa shape index (κ2) is 7.60. The van der Waals surface area contributed by atoms with Gasteiger partial charge >= 0.3 is 0 Å². The molecule has 1 heterocycles. The van der Waals surface area contributed by atoms with Crippen LogP contribution in [0.5, 0.6) is 0 Å². The SMILES string of the molecule is CCOCCNCC(=O)N1CCN(C)CC1. The van der Waals surface area contributed by atoms with Crippen LogP contribution >= 0.6 is 0 Å². The van der Waals surface area contributed by atoms with Gasteiger partial charge in [-0.15, -0.1) is 0 Å². The van der Waals surface area contributed by atoms with E-state index in [-0.39, 0.29) is 5.91 Å². The van der Waals surface area contributed by atoms with Crippen molar-refractivity contribution in [3.63, 3.8) is 0 Å². The molecule has 1 aliphatic rings. The Balaban J connectivity index is 2.06. The number of amides is 1. The molecule has 0 saturated carbocycles. The van der Waals surface area contributed by atoms with Crippen LogP contribution in [0.3, 0.4) is 0 Å². The molecular weight excluding hydrogens is 206 g/mol. The first-order valence-corrected chi connectivity index (χ1v) is 5.98. The summed E-state index contributed by atoms with van der Waals surface area (Å²) in [6, 6.07) is 0. The van der Waals surface area contributed by atoms with Crippen LogP contribution in [-0.2, 0) is 9.53 Å². The Morgan fingerprint density at radius 1 is 1.31 bits per heavy atom. The van der Waals surface area contributed by atoms with E-state index in [2.05, 4.69) is 17.3 Å². The van der Waals surface area contributed by atoms with Gasteiger partial charge < -0.3 is 19.9 Å². The summed E-state index contributed by atoms with van der Waals surface area (Å²) < 4.78 is 5.18. The minimum Gasteiger partial charge on any atom is -0.380 e. The number of piperazine rings is 1. The van der Waals surface area contributed by atoms with E-state index in [1.165, 1.54) is 0 Å². The fourth-order valence-electron chi connectivity index (χ4n) is 1.65. The molecule has 0 radical (unpaired) electrons. The third-order valence-electron chi connectivity index (χ3n) is 2.76. The monoisotopic (exact) mass is 229 g/mol. The third kappa shape index (κ3) is 4.92. The lowest BCUT2D eigenvalue weighted by Gasteiger charge is -2.32. The van der Waals surface area contributed by atoms with E-state index >= 15 is 0 Å². The molecule has 1 fully saturated rings. The molecule has 1 saturated heterocycles. The van der Waals surface area contributed by atoms with Gasteiger partial charge in [0, 0.05) is 39.3 Å². The van der Waals surface area contributed by atoms with E-state index in [0.717, 1.165) is 39.3 Å². The highest BCUT2D eigenvalue weighted by Crippen LogP contribution is 1.98. The summed E-state index contributed by atoms with van der Waals surface area (Å²) in [5.41, 5.74) is 0. The highest BCUT2D eigenvalue weighted by Gasteiger charge is 2.17. The summed E-state index contributed by atoms with van der Waals surface area (Å²) in [6.45, 7) is 8.19. The zero-order valence-corrected chi connectivity index (χ0v) is 10.4. The maximum atomic E-state index is 11.7. The summed E-state index contributed by atoms with van der Waals surface area (Å²) in [5, 5.41) is 3.10. The van der Waals surface area contributed by atoms with E-state index < -0.39 is 0 Å². The van der Waals surface area contributed by atoms with Crippen LogP contribution in [-0.4, -0.2) is 75.2 Å². The molecule has 5 nitrogen and oxygen atoms in total. The van der Waals surface area contributed by atoms with Gasteiger partial charge in [0.2, 0.25) is 5.91 Å². The molecule has 0 aromatic rings. The minimum atomic E-state index is 0.199. The van der Waals surface area contributed by atoms with Crippen LogP contribution in [0.25, 0.3) is 0 Å². The number of likely N-dealkylation sites (N-methyl/N-ethyl adjacent to an activating group) is 1. The van der Waals surface area contributed by atoms with Crippen LogP contribution in [0.4, 0.5) is 0 Å². The van der Waals surface area contributed by atoms with Crippen LogP contribution in [0.1, 0.15) is 6.92 Å². The number of nitrogens with one attached hydrogen (secondary N) is 1. The molecule has 0 atom stereocenters. The molecule has 0 aromatic carbocycles. The van der Waals surface area contributed by atoms with Gasteiger partial charge in [0.15, 0.2) is 0 Å². The van der Waals surface area contributed by atoms with E-state index in [9.17, 15) is 4.79 Å². The van der Waals surface area contributed by atoms with Crippen molar-refractivity contribution in [2.45, 2.75) is 6.92 Å². The first-order valence-electron chi connectivity index (χ1n) is 5.98. The van der Waals surface area contributed by atoms with Gasteiger partial charge in [0.1, 0.15) is 0 Å². The van der Waals surface area contributed by atoms with Crippen molar-refractivity contribution < 1.29 is 9.53 Å². The fraction of sp³-hybridized carbons (Fsp3) is 0.909. The average Bonchev–Trinajstić information content (AvgIpc) is 2.29. The van der Waals surface area contributed by atoms with Gasteiger partial charge in [-0.25, -0.2) is 0 Å². The molecule has 0 spiro atoms. The van der Waals surface area contributed by atoms with Gasteiger partial charge in [-0.2, -0.15) is 0 Å². The first-order chi connectivity index (χ1) is 7.74. The standard InChI is InChI=1S/C11H23N3O2/c1-3-16-9-4-12-10-11(15)14-7-5-13(2)6-8-14/h12H,3-10H2,1-2H3.